The fourth-order valence-corrected chi connectivity index (χ4v) is 1.58. The number of nitrogens with zero attached hydrogens (tertiary/aromatic N) is 1. The molecule has 0 aliphatic heterocycles. The number of nitrogen functional groups attached to an aromatic ring is 1. The molecule has 1 aliphatic carbocycles. The van der Waals surface area contributed by atoms with Crippen LogP contribution in [0.5, 0.6) is 0 Å². The molecule has 3 heteroatoms. The van der Waals surface area contributed by atoms with Gasteiger partial charge in [0.1, 0.15) is 5.82 Å². The molecule has 0 spiro atoms. The molecule has 0 bridgehead atoms. The summed E-state index contributed by atoms with van der Waals surface area (Å²) >= 11 is 5.97. The Morgan fingerprint density at radius 2 is 2.25 bits per heavy atom. The van der Waals surface area contributed by atoms with Crippen molar-refractivity contribution >= 4 is 17.4 Å². The highest BCUT2D eigenvalue weighted by atomic mass is 35.5. The van der Waals surface area contributed by atoms with E-state index < -0.39 is 0 Å². The molecule has 1 saturated carbocycles. The molecule has 2 nitrogen and oxygen atoms in total. The molecule has 0 aromatic carbocycles. The minimum Gasteiger partial charge on any atom is -0.382 e. The predicted octanol–water partition coefficient (Wildman–Crippen LogP) is 2.50. The first-order valence-electron chi connectivity index (χ1n) is 4.10. The summed E-state index contributed by atoms with van der Waals surface area (Å²) in [7, 11) is 0. The fourth-order valence-electron chi connectivity index (χ4n) is 1.42. The Balaban J connectivity index is 2.49. The molecule has 1 heterocycles. The monoisotopic (exact) mass is 182 g/mol. The smallest absolute Gasteiger partial charge is 0.142 e. The van der Waals surface area contributed by atoms with Crippen molar-refractivity contribution < 1.29 is 0 Å². The summed E-state index contributed by atoms with van der Waals surface area (Å²) in [5.41, 5.74) is 7.94. The zero-order valence-electron chi connectivity index (χ0n) is 6.97. The summed E-state index contributed by atoms with van der Waals surface area (Å²) in [4.78, 5) is 4.05. The van der Waals surface area contributed by atoms with Gasteiger partial charge in [0.05, 0.1) is 5.02 Å². The Morgan fingerprint density at radius 1 is 1.58 bits per heavy atom. The summed E-state index contributed by atoms with van der Waals surface area (Å²) in [5.74, 6) is 1.13. The van der Waals surface area contributed by atoms with Crippen LogP contribution >= 0.6 is 11.6 Å². The van der Waals surface area contributed by atoms with E-state index in [0.717, 1.165) is 5.56 Å². The lowest BCUT2D eigenvalue weighted by Gasteiger charge is -2.06. The van der Waals surface area contributed by atoms with Crippen LogP contribution in [0.4, 0.5) is 5.82 Å². The summed E-state index contributed by atoms with van der Waals surface area (Å²) in [5, 5.41) is 0.624. The van der Waals surface area contributed by atoms with Crippen LogP contribution in [-0.4, -0.2) is 4.98 Å². The van der Waals surface area contributed by atoms with Crippen molar-refractivity contribution in [3.05, 3.63) is 22.3 Å². The number of nitrogens with two attached hydrogens (primary N) is 1. The summed E-state index contributed by atoms with van der Waals surface area (Å²) in [6.07, 6.45) is 4.39. The third kappa shape index (κ3) is 1.16. The van der Waals surface area contributed by atoms with Gasteiger partial charge in [0, 0.05) is 6.20 Å². The zero-order chi connectivity index (χ0) is 8.72. The molecule has 2 N–H and O–H groups in total. The van der Waals surface area contributed by atoms with Gasteiger partial charge >= 0.3 is 0 Å². The van der Waals surface area contributed by atoms with Crippen molar-refractivity contribution in [2.75, 3.05) is 5.73 Å². The molecular weight excluding hydrogens is 172 g/mol. The first-order valence-corrected chi connectivity index (χ1v) is 4.48. The third-order valence-electron chi connectivity index (χ3n) is 2.35. The van der Waals surface area contributed by atoms with Gasteiger partial charge in [-0.2, -0.15) is 0 Å². The van der Waals surface area contributed by atoms with Crippen LogP contribution in [-0.2, 0) is 0 Å². The molecule has 0 saturated heterocycles. The quantitative estimate of drug-likeness (QED) is 0.725. The largest absolute Gasteiger partial charge is 0.382 e. The summed E-state index contributed by atoms with van der Waals surface area (Å²) in [6, 6.07) is 0. The van der Waals surface area contributed by atoms with Crippen LogP contribution in [0.25, 0.3) is 0 Å². The second kappa shape index (κ2) is 2.63. The molecule has 2 rings (SSSR count). The first-order chi connectivity index (χ1) is 5.70. The molecule has 1 fully saturated rings. The first kappa shape index (κ1) is 7.87. The van der Waals surface area contributed by atoms with Gasteiger partial charge in [-0.15, -0.1) is 0 Å². The normalized spacial score (nSPS) is 16.5. The number of hydrogen-bond acceptors (Lipinski definition) is 2. The van der Waals surface area contributed by atoms with Crippen molar-refractivity contribution in [2.45, 2.75) is 25.7 Å². The highest BCUT2D eigenvalue weighted by molar-refractivity contribution is 6.33. The molecule has 1 aromatic heterocycles. The van der Waals surface area contributed by atoms with E-state index in [2.05, 4.69) is 4.98 Å². The van der Waals surface area contributed by atoms with E-state index in [1.54, 1.807) is 0 Å². The molecular formula is C9H11ClN2. The van der Waals surface area contributed by atoms with Gasteiger partial charge in [0.15, 0.2) is 0 Å². The molecule has 12 heavy (non-hydrogen) atoms. The molecule has 0 radical (unpaired) electrons. The zero-order valence-corrected chi connectivity index (χ0v) is 7.73. The third-order valence-corrected chi connectivity index (χ3v) is 2.82. The number of aromatic nitrogens is 1. The van der Waals surface area contributed by atoms with E-state index in [0.29, 0.717) is 16.8 Å². The maximum absolute atomic E-state index is 5.97. The van der Waals surface area contributed by atoms with E-state index in [1.807, 2.05) is 13.1 Å². The van der Waals surface area contributed by atoms with E-state index in [1.165, 1.54) is 18.4 Å². The average molecular weight is 183 g/mol. The maximum Gasteiger partial charge on any atom is 0.142 e. The van der Waals surface area contributed by atoms with Gasteiger partial charge in [0.25, 0.3) is 0 Å². The fraction of sp³-hybridized carbons (Fsp3) is 0.444. The van der Waals surface area contributed by atoms with E-state index in [-0.39, 0.29) is 0 Å². The lowest BCUT2D eigenvalue weighted by atomic mass is 10.1. The maximum atomic E-state index is 5.97. The van der Waals surface area contributed by atoms with Crippen molar-refractivity contribution in [3.8, 4) is 0 Å². The van der Waals surface area contributed by atoms with Gasteiger partial charge in [0.2, 0.25) is 0 Å². The second-order valence-corrected chi connectivity index (χ2v) is 3.69. The van der Waals surface area contributed by atoms with Crippen LogP contribution < -0.4 is 5.73 Å². The second-order valence-electron chi connectivity index (χ2n) is 3.31. The molecule has 0 unspecified atom stereocenters. The highest BCUT2D eigenvalue weighted by Gasteiger charge is 2.26. The standard InChI is InChI=1S/C9H11ClN2/c1-5-7(6-2-3-6)4-12-9(11)8(5)10/h4,6H,2-3H2,1H3,(H2,11,12). The lowest BCUT2D eigenvalue weighted by molar-refractivity contribution is 1.07. The van der Waals surface area contributed by atoms with E-state index >= 15 is 0 Å². The predicted molar refractivity (Wildman–Crippen MR) is 50.4 cm³/mol. The van der Waals surface area contributed by atoms with Gasteiger partial charge in [-0.1, -0.05) is 11.6 Å². The SMILES string of the molecule is Cc1c(C2CC2)cnc(N)c1Cl. The van der Waals surface area contributed by atoms with Gasteiger partial charge in [-0.3, -0.25) is 0 Å². The van der Waals surface area contributed by atoms with Crippen molar-refractivity contribution in [1.29, 1.82) is 0 Å². The number of hydrogen-bond donors (Lipinski definition) is 1. The van der Waals surface area contributed by atoms with Crippen LogP contribution in [0, 0.1) is 6.92 Å². The van der Waals surface area contributed by atoms with Crippen molar-refractivity contribution in [3.63, 3.8) is 0 Å². The number of rotatable bonds is 1. The Labute approximate surface area is 76.7 Å². The Bertz CT molecular complexity index is 319. The minimum absolute atomic E-state index is 0.443. The van der Waals surface area contributed by atoms with Gasteiger partial charge in [-0.05, 0) is 36.8 Å². The highest BCUT2D eigenvalue weighted by Crippen LogP contribution is 2.43. The number of halogens is 1. The molecule has 0 amide bonds. The topological polar surface area (TPSA) is 38.9 Å². The molecule has 1 aromatic rings. The lowest BCUT2D eigenvalue weighted by Crippen LogP contribution is -1.96. The Kier molecular flexibility index (Phi) is 1.72. The Morgan fingerprint density at radius 3 is 2.83 bits per heavy atom. The van der Waals surface area contributed by atoms with Crippen LogP contribution in [0.2, 0.25) is 5.02 Å². The number of pyridine rings is 1. The average Bonchev–Trinajstić information content (AvgIpc) is 2.84. The van der Waals surface area contributed by atoms with Crippen LogP contribution in [0.1, 0.15) is 29.9 Å². The molecule has 0 atom stereocenters. The molecule has 1 aliphatic rings. The van der Waals surface area contributed by atoms with Gasteiger partial charge < -0.3 is 5.73 Å². The summed E-state index contributed by atoms with van der Waals surface area (Å²) in [6.45, 7) is 2.01. The Hall–Kier alpha value is -0.760. The number of anilines is 1. The van der Waals surface area contributed by atoms with Crippen LogP contribution in [0.3, 0.4) is 0 Å². The van der Waals surface area contributed by atoms with E-state index in [9.17, 15) is 0 Å². The van der Waals surface area contributed by atoms with Gasteiger partial charge in [-0.25, -0.2) is 4.98 Å². The van der Waals surface area contributed by atoms with Crippen molar-refractivity contribution in [2.24, 2.45) is 0 Å². The minimum atomic E-state index is 0.443. The van der Waals surface area contributed by atoms with Crippen molar-refractivity contribution in [1.82, 2.24) is 4.98 Å². The van der Waals surface area contributed by atoms with E-state index in [4.69, 9.17) is 17.3 Å². The molecule has 64 valence electrons. The van der Waals surface area contributed by atoms with Crippen LogP contribution in [0.15, 0.2) is 6.20 Å². The summed E-state index contributed by atoms with van der Waals surface area (Å²) < 4.78 is 0.